The maximum Gasteiger partial charge on any atom is 0.341 e. The van der Waals surface area contributed by atoms with Crippen molar-refractivity contribution in [1.82, 2.24) is 9.47 Å². The fourth-order valence-electron chi connectivity index (χ4n) is 5.93. The molecule has 12 heteroatoms. The summed E-state index contributed by atoms with van der Waals surface area (Å²) in [4.78, 5) is 41.0. The zero-order valence-corrected chi connectivity index (χ0v) is 24.5. The lowest BCUT2D eigenvalue weighted by atomic mass is 9.95. The average Bonchev–Trinajstić information content (AvgIpc) is 3.01. The van der Waals surface area contributed by atoms with Crippen LogP contribution in [0.15, 0.2) is 59.5 Å². The van der Waals surface area contributed by atoms with Gasteiger partial charge in [0, 0.05) is 63.0 Å². The van der Waals surface area contributed by atoms with Crippen LogP contribution >= 0.6 is 0 Å². The lowest BCUT2D eigenvalue weighted by Gasteiger charge is -2.36. The Morgan fingerprint density at radius 3 is 2.47 bits per heavy atom. The highest BCUT2D eigenvalue weighted by molar-refractivity contribution is 6.02. The molecule has 0 bridgehead atoms. The Balaban J connectivity index is 1.08. The number of phenolic OH excluding ortho intramolecular Hbond substituents is 2. The molecule has 4 aromatic rings. The number of piperazine rings is 1. The van der Waals surface area contributed by atoms with Gasteiger partial charge in [-0.15, -0.1) is 0 Å². The first kappa shape index (κ1) is 29.9. The van der Waals surface area contributed by atoms with E-state index < -0.39 is 28.9 Å². The highest BCUT2D eigenvalue weighted by atomic mass is 19.1. The molecule has 0 amide bonds. The number of aromatic carboxylic acids is 1. The number of Topliss-reactive ketones (excluding diaryl/α,β-unsaturated/α-hetero) is 1. The third kappa shape index (κ3) is 5.88. The Hall–Kier alpha value is -5.10. The van der Waals surface area contributed by atoms with Gasteiger partial charge in [0.25, 0.3) is 0 Å². The molecule has 0 radical (unpaired) electrons. The molecule has 6 rings (SSSR count). The van der Waals surface area contributed by atoms with Gasteiger partial charge in [-0.2, -0.15) is 0 Å². The molecule has 3 aromatic carbocycles. The zero-order valence-electron chi connectivity index (χ0n) is 24.5. The van der Waals surface area contributed by atoms with Crippen molar-refractivity contribution in [1.29, 1.82) is 0 Å². The van der Waals surface area contributed by atoms with E-state index in [-0.39, 0.29) is 40.4 Å². The monoisotopic (exact) mass is 617 g/mol. The number of fused-ring (bicyclic) bond motifs is 2. The quantitative estimate of drug-likeness (QED) is 0.264. The Morgan fingerprint density at radius 1 is 1.04 bits per heavy atom. The minimum absolute atomic E-state index is 0.0349. The van der Waals surface area contributed by atoms with E-state index in [2.05, 4.69) is 4.90 Å². The predicted molar refractivity (Wildman–Crippen MR) is 163 cm³/mol. The van der Waals surface area contributed by atoms with E-state index in [1.165, 1.54) is 24.4 Å². The number of phenols is 2. The number of carboxylic acids is 1. The molecule has 1 aromatic heterocycles. The van der Waals surface area contributed by atoms with Gasteiger partial charge in [0.05, 0.1) is 17.6 Å². The summed E-state index contributed by atoms with van der Waals surface area (Å²) in [7, 11) is 0. The number of aryl methyl sites for hydroxylation is 1. The van der Waals surface area contributed by atoms with E-state index in [1.54, 1.807) is 28.8 Å². The van der Waals surface area contributed by atoms with Crippen LogP contribution in [0.2, 0.25) is 0 Å². The Labute approximate surface area is 257 Å². The van der Waals surface area contributed by atoms with Crippen LogP contribution < -0.4 is 19.8 Å². The number of aromatic hydroxyl groups is 2. The van der Waals surface area contributed by atoms with E-state index in [9.17, 15) is 29.7 Å². The first-order chi connectivity index (χ1) is 21.6. The molecule has 1 atom stereocenters. The number of hydrogen-bond acceptors (Lipinski definition) is 9. The van der Waals surface area contributed by atoms with E-state index in [4.69, 9.17) is 9.47 Å². The minimum atomic E-state index is -1.35. The zero-order chi connectivity index (χ0) is 31.8. The van der Waals surface area contributed by atoms with Gasteiger partial charge in [-0.25, -0.2) is 9.18 Å². The topological polar surface area (TPSA) is 142 Å². The van der Waals surface area contributed by atoms with Crippen molar-refractivity contribution in [2.24, 2.45) is 0 Å². The molecular weight excluding hydrogens is 585 g/mol. The van der Waals surface area contributed by atoms with E-state index in [1.807, 2.05) is 11.8 Å². The molecule has 2 aliphatic rings. The number of halogens is 1. The number of nitrogens with zero attached hydrogens (tertiary/aromatic N) is 3. The normalized spacial score (nSPS) is 16.8. The molecule has 11 nitrogen and oxygen atoms in total. The molecule has 1 fully saturated rings. The van der Waals surface area contributed by atoms with Gasteiger partial charge >= 0.3 is 5.97 Å². The van der Waals surface area contributed by atoms with Gasteiger partial charge in [0.15, 0.2) is 5.78 Å². The largest absolute Gasteiger partial charge is 0.508 e. The summed E-state index contributed by atoms with van der Waals surface area (Å²) in [6.45, 7) is 5.41. The Bertz CT molecular complexity index is 1850. The highest BCUT2D eigenvalue weighted by Crippen LogP contribution is 2.42. The number of ether oxygens (including phenoxy) is 2. The highest BCUT2D eigenvalue weighted by Gasteiger charge is 2.31. The lowest BCUT2D eigenvalue weighted by molar-refractivity contribution is 0.0694. The summed E-state index contributed by atoms with van der Waals surface area (Å²) in [6, 6.07) is 12.2. The molecule has 0 spiro atoms. The number of benzene rings is 3. The summed E-state index contributed by atoms with van der Waals surface area (Å²) < 4.78 is 28.8. The lowest BCUT2D eigenvalue weighted by Crippen LogP contribution is -2.47. The number of hydrogen-bond donors (Lipinski definition) is 3. The molecule has 3 heterocycles. The van der Waals surface area contributed by atoms with Crippen molar-refractivity contribution in [3.8, 4) is 23.0 Å². The van der Waals surface area contributed by atoms with Gasteiger partial charge < -0.3 is 34.3 Å². The van der Waals surface area contributed by atoms with Crippen molar-refractivity contribution in [3.63, 3.8) is 0 Å². The van der Waals surface area contributed by atoms with Crippen molar-refractivity contribution in [2.75, 3.05) is 44.2 Å². The maximum atomic E-state index is 15.2. The summed E-state index contributed by atoms with van der Waals surface area (Å²) in [5, 5.41) is 29.5. The number of rotatable bonds is 8. The summed E-state index contributed by atoms with van der Waals surface area (Å²) in [6.07, 6.45) is 0.804. The van der Waals surface area contributed by atoms with Crippen molar-refractivity contribution >= 4 is 28.3 Å². The number of anilines is 1. The second-order valence-electron chi connectivity index (χ2n) is 11.1. The summed E-state index contributed by atoms with van der Waals surface area (Å²) in [5.41, 5.74) is 0.582. The van der Waals surface area contributed by atoms with Crippen LogP contribution in [0, 0.1) is 5.82 Å². The van der Waals surface area contributed by atoms with Gasteiger partial charge in [-0.05, 0) is 36.8 Å². The number of carbonyl (C=O) groups is 2. The third-order valence-corrected chi connectivity index (χ3v) is 8.35. The van der Waals surface area contributed by atoms with E-state index in [0.717, 1.165) is 11.6 Å². The number of aromatic nitrogens is 1. The van der Waals surface area contributed by atoms with Gasteiger partial charge in [-0.3, -0.25) is 14.5 Å². The van der Waals surface area contributed by atoms with E-state index >= 15 is 4.39 Å². The van der Waals surface area contributed by atoms with Gasteiger partial charge in [0.1, 0.15) is 52.7 Å². The maximum absolute atomic E-state index is 15.2. The molecule has 234 valence electrons. The van der Waals surface area contributed by atoms with Crippen LogP contribution in [-0.4, -0.2) is 75.9 Å². The van der Waals surface area contributed by atoms with Crippen LogP contribution in [0.1, 0.15) is 45.7 Å². The fourth-order valence-corrected chi connectivity index (χ4v) is 5.93. The number of pyridine rings is 1. The second-order valence-corrected chi connectivity index (χ2v) is 11.1. The first-order valence-electron chi connectivity index (χ1n) is 14.7. The SMILES string of the molecule is CCn1cc(C(=O)O)c(=O)c2cc(F)c(N3CCN(CCOc4cc(O)c5c(c4)OC(c4ccc(O)cc4)CC5=O)CC3)cc21. The molecule has 2 aliphatic heterocycles. The third-order valence-electron chi connectivity index (χ3n) is 8.35. The first-order valence-corrected chi connectivity index (χ1v) is 14.7. The predicted octanol–water partition coefficient (Wildman–Crippen LogP) is 4.18. The van der Waals surface area contributed by atoms with Crippen LogP contribution in [0.3, 0.4) is 0 Å². The Kier molecular flexibility index (Phi) is 8.07. The summed E-state index contributed by atoms with van der Waals surface area (Å²) in [5.74, 6) is -1.69. The van der Waals surface area contributed by atoms with Gasteiger partial charge in [-0.1, -0.05) is 12.1 Å². The van der Waals surface area contributed by atoms with Gasteiger partial charge in [0.2, 0.25) is 5.43 Å². The second kappa shape index (κ2) is 12.1. The molecule has 45 heavy (non-hydrogen) atoms. The molecule has 1 unspecified atom stereocenters. The molecular formula is C33H32FN3O8. The van der Waals surface area contributed by atoms with Crippen LogP contribution in [0.5, 0.6) is 23.0 Å². The number of ketones is 1. The minimum Gasteiger partial charge on any atom is -0.508 e. The van der Waals surface area contributed by atoms with Crippen LogP contribution in [0.25, 0.3) is 10.9 Å². The van der Waals surface area contributed by atoms with Crippen molar-refractivity contribution < 1.29 is 38.8 Å². The number of carbonyl (C=O) groups excluding carboxylic acids is 1. The molecule has 1 saturated heterocycles. The van der Waals surface area contributed by atoms with Crippen LogP contribution in [-0.2, 0) is 6.54 Å². The van der Waals surface area contributed by atoms with E-state index in [0.29, 0.717) is 62.8 Å². The Morgan fingerprint density at radius 2 is 1.78 bits per heavy atom. The van der Waals surface area contributed by atoms with Crippen molar-refractivity contribution in [2.45, 2.75) is 26.0 Å². The van der Waals surface area contributed by atoms with Crippen LogP contribution in [0.4, 0.5) is 10.1 Å². The molecule has 3 N–H and O–H groups in total. The number of carboxylic acid groups (broad SMARTS) is 1. The average molecular weight is 618 g/mol. The summed E-state index contributed by atoms with van der Waals surface area (Å²) >= 11 is 0. The smallest absolute Gasteiger partial charge is 0.341 e. The molecule has 0 aliphatic carbocycles. The standard InChI is InChI=1S/C33H32FN3O8/c1-2-36-18-23(33(42)43)32(41)22-15-24(34)26(16-25(22)36)37-9-7-35(8-10-37)11-12-44-21-13-27(39)31-28(40)17-29(45-30(31)14-21)19-3-5-20(38)6-4-19/h3-6,13-16,18,29,38-39H,2,7-12,17H2,1H3,(H,42,43). The molecule has 0 saturated carbocycles. The fraction of sp³-hybridized carbons (Fsp3) is 0.303. The van der Waals surface area contributed by atoms with Crippen molar-refractivity contribution in [3.05, 3.63) is 87.5 Å².